The van der Waals surface area contributed by atoms with Crippen LogP contribution in [0.15, 0.2) is 12.3 Å². The first-order chi connectivity index (χ1) is 6.58. The fourth-order valence-corrected chi connectivity index (χ4v) is 1.43. The van der Waals surface area contributed by atoms with Gasteiger partial charge in [-0.2, -0.15) is 0 Å². The number of carbonyl (C=O) groups is 1. The molecule has 0 aliphatic rings. The predicted molar refractivity (Wildman–Crippen MR) is 49.7 cm³/mol. The number of hydrogen-bond donors (Lipinski definition) is 1. The molecular formula is C8H6ClN3O2. The number of aryl methyl sites for hydroxylation is 1. The zero-order chi connectivity index (χ0) is 10.3. The number of aromatic carboxylic acids is 1. The minimum atomic E-state index is -1.07. The minimum Gasteiger partial charge on any atom is -0.476 e. The lowest BCUT2D eigenvalue weighted by Crippen LogP contribution is -1.95. The van der Waals surface area contributed by atoms with E-state index in [1.807, 2.05) is 0 Å². The highest BCUT2D eigenvalue weighted by Gasteiger charge is 2.10. The molecule has 1 N–H and O–H groups in total. The molecule has 0 radical (unpaired) electrons. The summed E-state index contributed by atoms with van der Waals surface area (Å²) in [6.07, 6.45) is 1.41. The molecule has 2 rings (SSSR count). The van der Waals surface area contributed by atoms with Crippen LogP contribution in [0.2, 0.25) is 5.15 Å². The van der Waals surface area contributed by atoms with Crippen molar-refractivity contribution < 1.29 is 9.90 Å². The molecular weight excluding hydrogens is 206 g/mol. The van der Waals surface area contributed by atoms with Crippen molar-refractivity contribution >= 4 is 23.2 Å². The SMILES string of the molecule is Cc1nc(Cl)cc2nc(C(=O)O)cn12. The number of imidazole rings is 1. The third kappa shape index (κ3) is 1.31. The molecule has 0 atom stereocenters. The number of hydrogen-bond acceptors (Lipinski definition) is 3. The Balaban J connectivity index is 2.76. The molecule has 0 aliphatic heterocycles. The van der Waals surface area contributed by atoms with Gasteiger partial charge < -0.3 is 5.11 Å². The molecule has 5 nitrogen and oxygen atoms in total. The van der Waals surface area contributed by atoms with Crippen LogP contribution in [0, 0.1) is 6.92 Å². The highest BCUT2D eigenvalue weighted by atomic mass is 35.5. The van der Waals surface area contributed by atoms with Crippen LogP contribution in [0.1, 0.15) is 16.3 Å². The van der Waals surface area contributed by atoms with Gasteiger partial charge in [-0.15, -0.1) is 0 Å². The summed E-state index contributed by atoms with van der Waals surface area (Å²) in [5, 5.41) is 9.02. The first-order valence-corrected chi connectivity index (χ1v) is 4.21. The fraction of sp³-hybridized carbons (Fsp3) is 0.125. The van der Waals surface area contributed by atoms with Gasteiger partial charge in [0.25, 0.3) is 0 Å². The third-order valence-electron chi connectivity index (χ3n) is 1.82. The number of aromatic nitrogens is 3. The van der Waals surface area contributed by atoms with E-state index in [9.17, 15) is 4.79 Å². The lowest BCUT2D eigenvalue weighted by atomic mass is 10.5. The van der Waals surface area contributed by atoms with Crippen molar-refractivity contribution in [3.63, 3.8) is 0 Å². The van der Waals surface area contributed by atoms with Gasteiger partial charge in [0, 0.05) is 12.3 Å². The maximum Gasteiger partial charge on any atom is 0.356 e. The first-order valence-electron chi connectivity index (χ1n) is 3.83. The van der Waals surface area contributed by atoms with Crippen molar-refractivity contribution in [3.05, 3.63) is 28.9 Å². The number of carboxylic acid groups (broad SMARTS) is 1. The van der Waals surface area contributed by atoms with E-state index in [2.05, 4.69) is 9.97 Å². The summed E-state index contributed by atoms with van der Waals surface area (Å²) in [5.74, 6) is -0.461. The summed E-state index contributed by atoms with van der Waals surface area (Å²) < 4.78 is 1.58. The Bertz CT molecular complexity index is 521. The lowest BCUT2D eigenvalue weighted by Gasteiger charge is -1.97. The molecule has 0 aromatic carbocycles. The molecule has 0 unspecified atom stereocenters. The Kier molecular flexibility index (Phi) is 1.89. The summed E-state index contributed by atoms with van der Waals surface area (Å²) in [7, 11) is 0. The van der Waals surface area contributed by atoms with Gasteiger partial charge in [-0.05, 0) is 6.92 Å². The molecule has 2 aromatic heterocycles. The van der Waals surface area contributed by atoms with Crippen LogP contribution in [-0.4, -0.2) is 25.4 Å². The zero-order valence-corrected chi connectivity index (χ0v) is 7.99. The van der Waals surface area contributed by atoms with Crippen LogP contribution < -0.4 is 0 Å². The monoisotopic (exact) mass is 211 g/mol. The van der Waals surface area contributed by atoms with Gasteiger partial charge in [0.15, 0.2) is 5.69 Å². The minimum absolute atomic E-state index is 0.0165. The molecule has 0 bridgehead atoms. The highest BCUT2D eigenvalue weighted by molar-refractivity contribution is 6.29. The Morgan fingerprint density at radius 2 is 2.29 bits per heavy atom. The molecule has 14 heavy (non-hydrogen) atoms. The number of nitrogens with zero attached hydrogens (tertiary/aromatic N) is 3. The topological polar surface area (TPSA) is 67.5 Å². The smallest absolute Gasteiger partial charge is 0.356 e. The molecule has 72 valence electrons. The van der Waals surface area contributed by atoms with E-state index in [0.29, 0.717) is 16.6 Å². The summed E-state index contributed by atoms with van der Waals surface area (Å²) >= 11 is 5.70. The highest BCUT2D eigenvalue weighted by Crippen LogP contribution is 2.12. The van der Waals surface area contributed by atoms with Crippen LogP contribution in [0.3, 0.4) is 0 Å². The summed E-state index contributed by atoms with van der Waals surface area (Å²) in [6.45, 7) is 1.73. The van der Waals surface area contributed by atoms with Crippen LogP contribution >= 0.6 is 11.6 Å². The van der Waals surface area contributed by atoms with E-state index in [1.165, 1.54) is 12.3 Å². The number of halogens is 1. The van der Waals surface area contributed by atoms with Crippen molar-refractivity contribution in [2.24, 2.45) is 0 Å². The Labute approximate surface area is 84.0 Å². The molecule has 0 saturated heterocycles. The van der Waals surface area contributed by atoms with Crippen LogP contribution in [0.25, 0.3) is 5.65 Å². The third-order valence-corrected chi connectivity index (χ3v) is 2.01. The van der Waals surface area contributed by atoms with Gasteiger partial charge in [-0.1, -0.05) is 11.6 Å². The van der Waals surface area contributed by atoms with E-state index in [1.54, 1.807) is 11.3 Å². The van der Waals surface area contributed by atoms with Gasteiger partial charge in [0.05, 0.1) is 0 Å². The van der Waals surface area contributed by atoms with Gasteiger partial charge >= 0.3 is 5.97 Å². The second-order valence-electron chi connectivity index (χ2n) is 2.79. The normalized spacial score (nSPS) is 10.7. The first kappa shape index (κ1) is 8.96. The molecule has 2 heterocycles. The molecule has 0 amide bonds. The zero-order valence-electron chi connectivity index (χ0n) is 7.23. The maximum absolute atomic E-state index is 10.6. The van der Waals surface area contributed by atoms with Crippen molar-refractivity contribution in [1.29, 1.82) is 0 Å². The van der Waals surface area contributed by atoms with E-state index < -0.39 is 5.97 Å². The van der Waals surface area contributed by atoms with Gasteiger partial charge in [0.2, 0.25) is 0 Å². The number of rotatable bonds is 1. The van der Waals surface area contributed by atoms with Crippen molar-refractivity contribution in [2.75, 3.05) is 0 Å². The van der Waals surface area contributed by atoms with Crippen molar-refractivity contribution in [1.82, 2.24) is 14.4 Å². The Hall–Kier alpha value is -1.62. The van der Waals surface area contributed by atoms with E-state index >= 15 is 0 Å². The van der Waals surface area contributed by atoms with Crippen molar-refractivity contribution in [3.8, 4) is 0 Å². The standard InChI is InChI=1S/C8H6ClN3O2/c1-4-10-6(9)2-7-11-5(8(13)14)3-12(4)7/h2-3H,1H3,(H,13,14). The predicted octanol–water partition coefficient (Wildman–Crippen LogP) is 1.39. The maximum atomic E-state index is 10.6. The number of fused-ring (bicyclic) bond motifs is 1. The van der Waals surface area contributed by atoms with Crippen LogP contribution in [-0.2, 0) is 0 Å². The van der Waals surface area contributed by atoms with E-state index in [0.717, 1.165) is 0 Å². The number of carboxylic acids is 1. The quantitative estimate of drug-likeness (QED) is 0.724. The molecule has 0 fully saturated rings. The average molecular weight is 212 g/mol. The van der Waals surface area contributed by atoms with Gasteiger partial charge in [0.1, 0.15) is 16.6 Å². The van der Waals surface area contributed by atoms with Crippen LogP contribution in [0.4, 0.5) is 0 Å². The van der Waals surface area contributed by atoms with Gasteiger partial charge in [-0.25, -0.2) is 14.8 Å². The largest absolute Gasteiger partial charge is 0.476 e. The average Bonchev–Trinajstić information content (AvgIpc) is 2.47. The Morgan fingerprint density at radius 1 is 1.57 bits per heavy atom. The van der Waals surface area contributed by atoms with E-state index in [4.69, 9.17) is 16.7 Å². The molecule has 2 aromatic rings. The Morgan fingerprint density at radius 3 is 2.93 bits per heavy atom. The second-order valence-corrected chi connectivity index (χ2v) is 3.17. The molecule has 0 saturated carbocycles. The van der Waals surface area contributed by atoms with Gasteiger partial charge in [-0.3, -0.25) is 4.40 Å². The summed E-state index contributed by atoms with van der Waals surface area (Å²) in [5.41, 5.74) is 0.470. The van der Waals surface area contributed by atoms with Crippen LogP contribution in [0.5, 0.6) is 0 Å². The van der Waals surface area contributed by atoms with E-state index in [-0.39, 0.29) is 5.69 Å². The lowest BCUT2D eigenvalue weighted by molar-refractivity contribution is 0.0691. The second kappa shape index (κ2) is 2.95. The van der Waals surface area contributed by atoms with Crippen molar-refractivity contribution in [2.45, 2.75) is 6.92 Å². The fourth-order valence-electron chi connectivity index (χ4n) is 1.21. The summed E-state index contributed by atoms with van der Waals surface area (Å²) in [4.78, 5) is 18.5. The molecule has 0 spiro atoms. The molecule has 0 aliphatic carbocycles. The summed E-state index contributed by atoms with van der Waals surface area (Å²) in [6, 6.07) is 1.51. The molecule has 6 heteroatoms.